The first kappa shape index (κ1) is 22.5. The molecule has 7 rings (SSSR count). The van der Waals surface area contributed by atoms with Crippen LogP contribution in [0.1, 0.15) is 52.7 Å². The standard InChI is InChI=1S/C30H29N3O4/c34-26-10-9-25(28(35)31-26)33-17-23-22(29(33)36)7-8-24-27(23)37-18-30(24)11-13-32(14-12-30)16-19-5-6-20-3-1-2-4-21(20)15-19/h1-8,15,25H,9-14,16-18H2,(H,31,34,35). The number of nitrogens with zero attached hydrogens (tertiary/aromatic N) is 2. The summed E-state index contributed by atoms with van der Waals surface area (Å²) in [5, 5.41) is 4.92. The van der Waals surface area contributed by atoms with Crippen molar-refractivity contribution in [2.45, 2.75) is 50.2 Å². The van der Waals surface area contributed by atoms with Gasteiger partial charge < -0.3 is 9.64 Å². The van der Waals surface area contributed by atoms with Crippen LogP contribution in [0, 0.1) is 0 Å². The highest BCUT2D eigenvalue weighted by atomic mass is 16.5. The lowest BCUT2D eigenvalue weighted by molar-refractivity contribution is -0.136. The molecule has 3 amide bonds. The third-order valence-corrected chi connectivity index (χ3v) is 8.76. The molecule has 1 N–H and O–H groups in total. The van der Waals surface area contributed by atoms with Gasteiger partial charge in [0.1, 0.15) is 11.8 Å². The number of piperidine rings is 2. The molecule has 1 unspecified atom stereocenters. The molecule has 188 valence electrons. The van der Waals surface area contributed by atoms with Crippen LogP contribution < -0.4 is 10.1 Å². The Hall–Kier alpha value is -3.71. The lowest BCUT2D eigenvalue weighted by atomic mass is 9.74. The third-order valence-electron chi connectivity index (χ3n) is 8.76. The van der Waals surface area contributed by atoms with Crippen LogP contribution in [0.3, 0.4) is 0 Å². The maximum absolute atomic E-state index is 13.2. The third kappa shape index (κ3) is 3.63. The van der Waals surface area contributed by atoms with Crippen LogP contribution >= 0.6 is 0 Å². The molecule has 0 aliphatic carbocycles. The quantitative estimate of drug-likeness (QED) is 0.563. The molecule has 0 saturated carbocycles. The summed E-state index contributed by atoms with van der Waals surface area (Å²) in [7, 11) is 0. The summed E-state index contributed by atoms with van der Waals surface area (Å²) in [5.74, 6) is 0.0273. The first-order valence-electron chi connectivity index (χ1n) is 13.1. The number of fused-ring (bicyclic) bond motifs is 5. The van der Waals surface area contributed by atoms with Crippen molar-refractivity contribution in [2.75, 3.05) is 19.7 Å². The van der Waals surface area contributed by atoms with Gasteiger partial charge in [0.15, 0.2) is 0 Å². The van der Waals surface area contributed by atoms with Crippen LogP contribution in [0.25, 0.3) is 10.8 Å². The van der Waals surface area contributed by atoms with Crippen molar-refractivity contribution >= 4 is 28.5 Å². The Balaban J connectivity index is 1.08. The van der Waals surface area contributed by atoms with Crippen LogP contribution in [-0.2, 0) is 28.1 Å². The molecule has 4 aliphatic rings. The second kappa shape index (κ2) is 8.42. The first-order valence-corrected chi connectivity index (χ1v) is 13.1. The average molecular weight is 496 g/mol. The second-order valence-electron chi connectivity index (χ2n) is 10.9. The van der Waals surface area contributed by atoms with Crippen molar-refractivity contribution in [1.82, 2.24) is 15.1 Å². The maximum Gasteiger partial charge on any atom is 0.255 e. The number of nitrogens with one attached hydrogen (secondary N) is 1. The molecule has 37 heavy (non-hydrogen) atoms. The maximum atomic E-state index is 13.2. The van der Waals surface area contributed by atoms with E-state index >= 15 is 0 Å². The summed E-state index contributed by atoms with van der Waals surface area (Å²) in [6, 6.07) is 18.6. The lowest BCUT2D eigenvalue weighted by Crippen LogP contribution is -2.52. The van der Waals surface area contributed by atoms with Gasteiger partial charge >= 0.3 is 0 Å². The molecular formula is C30H29N3O4. The van der Waals surface area contributed by atoms with Gasteiger partial charge in [0.25, 0.3) is 5.91 Å². The summed E-state index contributed by atoms with van der Waals surface area (Å²) >= 11 is 0. The van der Waals surface area contributed by atoms with E-state index in [9.17, 15) is 14.4 Å². The fraction of sp³-hybridized carbons (Fsp3) is 0.367. The fourth-order valence-electron chi connectivity index (χ4n) is 6.63. The van der Waals surface area contributed by atoms with Gasteiger partial charge in [-0.25, -0.2) is 0 Å². The molecule has 1 spiro atoms. The van der Waals surface area contributed by atoms with Crippen LogP contribution in [-0.4, -0.2) is 53.3 Å². The van der Waals surface area contributed by atoms with E-state index in [4.69, 9.17) is 4.74 Å². The van der Waals surface area contributed by atoms with Crippen molar-refractivity contribution in [3.63, 3.8) is 0 Å². The van der Waals surface area contributed by atoms with E-state index in [1.54, 1.807) is 4.90 Å². The highest BCUT2D eigenvalue weighted by molar-refractivity contribution is 6.05. The van der Waals surface area contributed by atoms with E-state index < -0.39 is 6.04 Å². The van der Waals surface area contributed by atoms with Gasteiger partial charge in [0.05, 0.1) is 13.2 Å². The molecule has 1 atom stereocenters. The SMILES string of the molecule is O=C1CCC(N2Cc3c(ccc4c3OCC43CCN(Cc4ccc5ccccc5c4)CC3)C2=O)C(=O)N1. The Kier molecular flexibility index (Phi) is 5.11. The largest absolute Gasteiger partial charge is 0.492 e. The minimum Gasteiger partial charge on any atom is -0.492 e. The van der Waals surface area contributed by atoms with Gasteiger partial charge in [-0.05, 0) is 60.8 Å². The highest BCUT2D eigenvalue weighted by Crippen LogP contribution is 2.49. The van der Waals surface area contributed by atoms with Gasteiger partial charge in [-0.2, -0.15) is 0 Å². The summed E-state index contributed by atoms with van der Waals surface area (Å²) in [6.45, 7) is 3.92. The Morgan fingerprint density at radius 1 is 0.973 bits per heavy atom. The van der Waals surface area contributed by atoms with Crippen LogP contribution in [0.2, 0.25) is 0 Å². The van der Waals surface area contributed by atoms with Gasteiger partial charge in [-0.3, -0.25) is 24.6 Å². The molecule has 2 fully saturated rings. The summed E-state index contributed by atoms with van der Waals surface area (Å²) < 4.78 is 6.31. The van der Waals surface area contributed by atoms with E-state index in [2.05, 4.69) is 58.7 Å². The summed E-state index contributed by atoms with van der Waals surface area (Å²) in [6.07, 6.45) is 2.64. The summed E-state index contributed by atoms with van der Waals surface area (Å²) in [5.41, 5.74) is 4.02. The number of hydrogen-bond acceptors (Lipinski definition) is 5. The second-order valence-corrected chi connectivity index (χ2v) is 10.9. The first-order chi connectivity index (χ1) is 18.0. The van der Waals surface area contributed by atoms with Gasteiger partial charge in [0.2, 0.25) is 11.8 Å². The normalized spacial score (nSPS) is 22.8. The molecule has 4 heterocycles. The molecular weight excluding hydrogens is 466 g/mol. The zero-order valence-electron chi connectivity index (χ0n) is 20.7. The number of hydrogen-bond donors (Lipinski definition) is 1. The molecule has 7 nitrogen and oxygen atoms in total. The van der Waals surface area contributed by atoms with Crippen LogP contribution in [0.4, 0.5) is 0 Å². The molecule has 7 heteroatoms. The van der Waals surface area contributed by atoms with Crippen molar-refractivity contribution in [2.24, 2.45) is 0 Å². The number of benzene rings is 3. The lowest BCUT2D eigenvalue weighted by Gasteiger charge is -2.38. The monoisotopic (exact) mass is 495 g/mol. The molecule has 0 radical (unpaired) electrons. The van der Waals surface area contributed by atoms with E-state index in [-0.39, 0.29) is 29.6 Å². The van der Waals surface area contributed by atoms with Crippen molar-refractivity contribution in [3.8, 4) is 5.75 Å². The van der Waals surface area contributed by atoms with Crippen molar-refractivity contribution in [1.29, 1.82) is 0 Å². The zero-order chi connectivity index (χ0) is 25.1. The minimum atomic E-state index is -0.609. The number of likely N-dealkylation sites (tertiary alicyclic amines) is 1. The Bertz CT molecular complexity index is 1460. The predicted molar refractivity (Wildman–Crippen MR) is 138 cm³/mol. The molecule has 4 aliphatic heterocycles. The zero-order valence-corrected chi connectivity index (χ0v) is 20.7. The molecule has 2 saturated heterocycles. The molecule has 3 aromatic rings. The average Bonchev–Trinajstić information content (AvgIpc) is 3.43. The van der Waals surface area contributed by atoms with Crippen LogP contribution in [0.15, 0.2) is 54.6 Å². The molecule has 3 aromatic carbocycles. The fourth-order valence-corrected chi connectivity index (χ4v) is 6.63. The Morgan fingerprint density at radius 3 is 2.59 bits per heavy atom. The number of imide groups is 1. The minimum absolute atomic E-state index is 0.0324. The number of rotatable bonds is 3. The van der Waals surface area contributed by atoms with Crippen LogP contribution in [0.5, 0.6) is 5.75 Å². The van der Waals surface area contributed by atoms with Gasteiger partial charge in [-0.1, -0.05) is 42.5 Å². The van der Waals surface area contributed by atoms with E-state index in [0.29, 0.717) is 25.1 Å². The van der Waals surface area contributed by atoms with Crippen molar-refractivity contribution < 1.29 is 19.1 Å². The van der Waals surface area contributed by atoms with Gasteiger partial charge in [0, 0.05) is 35.1 Å². The van der Waals surface area contributed by atoms with Crippen molar-refractivity contribution in [3.05, 3.63) is 76.9 Å². The highest BCUT2D eigenvalue weighted by Gasteiger charge is 2.47. The van der Waals surface area contributed by atoms with E-state index in [1.165, 1.54) is 21.9 Å². The topological polar surface area (TPSA) is 79.0 Å². The van der Waals surface area contributed by atoms with E-state index in [0.717, 1.165) is 43.8 Å². The Labute approximate surface area is 215 Å². The predicted octanol–water partition coefficient (Wildman–Crippen LogP) is 3.53. The molecule has 0 bridgehead atoms. The Morgan fingerprint density at radius 2 is 1.78 bits per heavy atom. The van der Waals surface area contributed by atoms with Gasteiger partial charge in [-0.15, -0.1) is 0 Å². The molecule has 0 aromatic heterocycles. The number of amides is 3. The van der Waals surface area contributed by atoms with E-state index in [1.807, 2.05) is 6.07 Å². The smallest absolute Gasteiger partial charge is 0.255 e. The number of carbonyl (C=O) groups excluding carboxylic acids is 3. The summed E-state index contributed by atoms with van der Waals surface area (Å²) in [4.78, 5) is 41.3. The number of ether oxygens (including phenoxy) is 1. The number of carbonyl (C=O) groups is 3.